The normalized spacial score (nSPS) is 23.0. The van der Waals surface area contributed by atoms with Crippen LogP contribution in [0.15, 0.2) is 30.4 Å². The van der Waals surface area contributed by atoms with Crippen LogP contribution in [0.3, 0.4) is 0 Å². The van der Waals surface area contributed by atoms with Crippen LogP contribution >= 0.6 is 0 Å². The molecule has 0 radical (unpaired) electrons. The van der Waals surface area contributed by atoms with Crippen LogP contribution in [0.25, 0.3) is 17.0 Å². The molecule has 4 rings (SSSR count). The number of fused-ring (bicyclic) bond motifs is 1. The standard InChI is InChI=1S/C22H26F2N4O/c23-15-9-6-14(7-10-15)8-11-19-17-12-21(18(24)13-20(17)28-27-19)26-22(29)25-16-4-2-1-3-5-16/h6,8-9,11-16H,1-5,7,10H2,(H,27,28)(H2,25,26,29)/b11-8+. The number of rotatable bonds is 4. The third-order valence-electron chi connectivity index (χ3n) is 5.71. The van der Waals surface area contributed by atoms with Crippen molar-refractivity contribution in [2.45, 2.75) is 57.2 Å². The van der Waals surface area contributed by atoms with Gasteiger partial charge >= 0.3 is 6.03 Å². The van der Waals surface area contributed by atoms with Gasteiger partial charge in [-0.15, -0.1) is 0 Å². The highest BCUT2D eigenvalue weighted by atomic mass is 19.1. The van der Waals surface area contributed by atoms with Gasteiger partial charge in [0, 0.05) is 17.5 Å². The van der Waals surface area contributed by atoms with Crippen molar-refractivity contribution in [1.29, 1.82) is 0 Å². The third kappa shape index (κ3) is 4.83. The maximum atomic E-state index is 14.4. The molecule has 1 aromatic carbocycles. The van der Waals surface area contributed by atoms with Crippen molar-refractivity contribution in [3.63, 3.8) is 0 Å². The summed E-state index contributed by atoms with van der Waals surface area (Å²) in [4.78, 5) is 12.3. The number of urea groups is 1. The topological polar surface area (TPSA) is 69.8 Å². The molecule has 2 aromatic rings. The quantitative estimate of drug-likeness (QED) is 0.595. The van der Waals surface area contributed by atoms with E-state index in [4.69, 9.17) is 0 Å². The lowest BCUT2D eigenvalue weighted by Gasteiger charge is -2.22. The lowest BCUT2D eigenvalue weighted by atomic mass is 9.94. The van der Waals surface area contributed by atoms with Crippen LogP contribution in [0.4, 0.5) is 19.3 Å². The molecule has 29 heavy (non-hydrogen) atoms. The van der Waals surface area contributed by atoms with E-state index in [1.54, 1.807) is 12.1 Å². The van der Waals surface area contributed by atoms with Crippen LogP contribution < -0.4 is 10.6 Å². The zero-order valence-corrected chi connectivity index (χ0v) is 16.3. The zero-order chi connectivity index (χ0) is 20.2. The van der Waals surface area contributed by atoms with Gasteiger partial charge in [-0.3, -0.25) is 5.10 Å². The predicted octanol–water partition coefficient (Wildman–Crippen LogP) is 5.47. The summed E-state index contributed by atoms with van der Waals surface area (Å²) in [7, 11) is 0. The minimum Gasteiger partial charge on any atom is -0.335 e. The van der Waals surface area contributed by atoms with E-state index < -0.39 is 12.0 Å². The molecule has 2 amide bonds. The molecule has 1 heterocycles. The molecule has 5 nitrogen and oxygen atoms in total. The monoisotopic (exact) mass is 400 g/mol. The van der Waals surface area contributed by atoms with Gasteiger partial charge in [-0.25, -0.2) is 13.6 Å². The van der Waals surface area contributed by atoms with Gasteiger partial charge in [0.25, 0.3) is 0 Å². The largest absolute Gasteiger partial charge is 0.335 e. The number of carbonyl (C=O) groups excluding carboxylic acids is 1. The fraction of sp³-hybridized carbons (Fsp3) is 0.455. The molecule has 0 spiro atoms. The van der Waals surface area contributed by atoms with E-state index in [9.17, 15) is 13.6 Å². The Balaban J connectivity index is 1.48. The molecule has 3 N–H and O–H groups in total. The minimum atomic E-state index is -0.859. The summed E-state index contributed by atoms with van der Waals surface area (Å²) in [5.74, 6) is -0.354. The molecule has 2 aliphatic rings. The lowest BCUT2D eigenvalue weighted by molar-refractivity contribution is 0.244. The summed E-state index contributed by atoms with van der Waals surface area (Å²) in [6.07, 6.45) is 13.0. The van der Waals surface area contributed by atoms with Crippen LogP contribution in [0, 0.1) is 11.7 Å². The number of benzene rings is 1. The number of alkyl halides is 1. The molecule has 154 valence electrons. The molecule has 2 atom stereocenters. The summed E-state index contributed by atoms with van der Waals surface area (Å²) in [5.41, 5.74) is 1.34. The third-order valence-corrected chi connectivity index (χ3v) is 5.71. The Labute approximate surface area is 168 Å². The average molecular weight is 400 g/mol. The lowest BCUT2D eigenvalue weighted by Crippen LogP contribution is -2.39. The number of nitrogens with zero attached hydrogens (tertiary/aromatic N) is 1. The number of halogens is 2. The number of nitrogens with one attached hydrogen (secondary N) is 3. The number of allylic oxidation sites excluding steroid dienone is 3. The molecule has 2 unspecified atom stereocenters. The van der Waals surface area contributed by atoms with E-state index in [1.807, 2.05) is 18.2 Å². The second-order valence-corrected chi connectivity index (χ2v) is 7.92. The average Bonchev–Trinajstić information content (AvgIpc) is 3.10. The molecule has 0 bridgehead atoms. The van der Waals surface area contributed by atoms with Crippen molar-refractivity contribution in [3.8, 4) is 0 Å². The van der Waals surface area contributed by atoms with Gasteiger partial charge in [-0.05, 0) is 43.7 Å². The zero-order valence-electron chi connectivity index (χ0n) is 16.3. The first-order valence-electron chi connectivity index (χ1n) is 10.3. The molecular weight excluding hydrogens is 374 g/mol. The van der Waals surface area contributed by atoms with E-state index in [2.05, 4.69) is 20.8 Å². The number of aromatic nitrogens is 2. The second kappa shape index (κ2) is 8.76. The number of amides is 2. The van der Waals surface area contributed by atoms with Crippen molar-refractivity contribution < 1.29 is 13.6 Å². The minimum absolute atomic E-state index is 0.125. The van der Waals surface area contributed by atoms with Crippen molar-refractivity contribution in [1.82, 2.24) is 15.5 Å². The smallest absolute Gasteiger partial charge is 0.319 e. The Morgan fingerprint density at radius 1 is 1.14 bits per heavy atom. The molecule has 7 heteroatoms. The van der Waals surface area contributed by atoms with Crippen LogP contribution in [0.2, 0.25) is 0 Å². The van der Waals surface area contributed by atoms with Crippen LogP contribution in [0.1, 0.15) is 50.6 Å². The Morgan fingerprint density at radius 2 is 1.97 bits per heavy atom. The summed E-state index contributed by atoms with van der Waals surface area (Å²) in [6, 6.07) is 2.70. The summed E-state index contributed by atoms with van der Waals surface area (Å²) < 4.78 is 27.6. The first kappa shape index (κ1) is 19.6. The maximum Gasteiger partial charge on any atom is 0.319 e. The van der Waals surface area contributed by atoms with Crippen molar-refractivity contribution >= 4 is 28.7 Å². The van der Waals surface area contributed by atoms with E-state index in [0.717, 1.165) is 37.5 Å². The Kier molecular flexibility index (Phi) is 5.92. The summed E-state index contributed by atoms with van der Waals surface area (Å²) in [5, 5.41) is 13.4. The van der Waals surface area contributed by atoms with Gasteiger partial charge in [0.2, 0.25) is 0 Å². The molecule has 1 saturated carbocycles. The SMILES string of the molecule is O=C(Nc1cc2c(/C=C/C3C=CC(F)CC3)n[nH]c2cc1F)NC1CCCCC1. The van der Waals surface area contributed by atoms with Gasteiger partial charge < -0.3 is 10.6 Å². The number of anilines is 1. The van der Waals surface area contributed by atoms with Crippen molar-refractivity contribution in [2.75, 3.05) is 5.32 Å². The van der Waals surface area contributed by atoms with E-state index in [0.29, 0.717) is 17.6 Å². The second-order valence-electron chi connectivity index (χ2n) is 7.92. The Morgan fingerprint density at radius 3 is 2.72 bits per heavy atom. The number of hydrogen-bond donors (Lipinski definition) is 3. The van der Waals surface area contributed by atoms with Crippen molar-refractivity contribution in [2.24, 2.45) is 5.92 Å². The fourth-order valence-electron chi connectivity index (χ4n) is 4.05. The Bertz CT molecular complexity index is 930. The van der Waals surface area contributed by atoms with Crippen LogP contribution in [-0.4, -0.2) is 28.4 Å². The van der Waals surface area contributed by atoms with Gasteiger partial charge in [0.15, 0.2) is 0 Å². The highest BCUT2D eigenvalue weighted by Crippen LogP contribution is 2.27. The number of hydrogen-bond acceptors (Lipinski definition) is 2. The highest BCUT2D eigenvalue weighted by molar-refractivity contribution is 5.95. The Hall–Kier alpha value is -2.70. The van der Waals surface area contributed by atoms with Gasteiger partial charge in [-0.1, -0.05) is 37.5 Å². The van der Waals surface area contributed by atoms with E-state index in [-0.39, 0.29) is 23.7 Å². The molecule has 1 fully saturated rings. The first-order valence-corrected chi connectivity index (χ1v) is 10.3. The van der Waals surface area contributed by atoms with Crippen LogP contribution in [0.5, 0.6) is 0 Å². The van der Waals surface area contributed by atoms with E-state index in [1.165, 1.54) is 12.5 Å². The van der Waals surface area contributed by atoms with Gasteiger partial charge in [-0.2, -0.15) is 5.10 Å². The molecule has 0 saturated heterocycles. The fourth-order valence-corrected chi connectivity index (χ4v) is 4.05. The van der Waals surface area contributed by atoms with Crippen LogP contribution in [-0.2, 0) is 0 Å². The summed E-state index contributed by atoms with van der Waals surface area (Å²) >= 11 is 0. The number of H-pyrrole nitrogens is 1. The molecule has 2 aliphatic carbocycles. The number of aromatic amines is 1. The number of carbonyl (C=O) groups is 1. The van der Waals surface area contributed by atoms with Gasteiger partial charge in [0.05, 0.1) is 16.9 Å². The predicted molar refractivity (Wildman–Crippen MR) is 111 cm³/mol. The highest BCUT2D eigenvalue weighted by Gasteiger charge is 2.18. The van der Waals surface area contributed by atoms with Crippen molar-refractivity contribution in [3.05, 3.63) is 41.9 Å². The van der Waals surface area contributed by atoms with Gasteiger partial charge in [0.1, 0.15) is 12.0 Å². The molecular formula is C22H26F2N4O. The van der Waals surface area contributed by atoms with E-state index >= 15 is 0 Å². The molecule has 1 aromatic heterocycles. The molecule has 0 aliphatic heterocycles. The summed E-state index contributed by atoms with van der Waals surface area (Å²) in [6.45, 7) is 0. The first-order chi connectivity index (χ1) is 14.1. The maximum absolute atomic E-state index is 14.4.